The van der Waals surface area contributed by atoms with E-state index in [0.29, 0.717) is 42.2 Å². The molecule has 5 rings (SSSR count). The summed E-state index contributed by atoms with van der Waals surface area (Å²) in [5, 5.41) is 3.11. The van der Waals surface area contributed by atoms with Crippen LogP contribution in [0.3, 0.4) is 0 Å². The van der Waals surface area contributed by atoms with Crippen molar-refractivity contribution in [2.45, 2.75) is 32.6 Å². The summed E-state index contributed by atoms with van der Waals surface area (Å²) in [4.78, 5) is 32.4. The molecule has 4 aromatic rings. The van der Waals surface area contributed by atoms with E-state index in [-0.39, 0.29) is 23.7 Å². The monoisotopic (exact) mass is 495 g/mol. The van der Waals surface area contributed by atoms with Gasteiger partial charge in [0, 0.05) is 36.7 Å². The SMILES string of the molecule is C[C@H](C(=O)NCCCc1ccccc1)C1CCN(C(=O)c2ccc3oc(-c4ccccc4)nc3c2)CC1. The van der Waals surface area contributed by atoms with Crippen LogP contribution in [0.2, 0.25) is 0 Å². The molecular formula is C31H33N3O3. The number of nitrogens with one attached hydrogen (secondary N) is 1. The topological polar surface area (TPSA) is 75.4 Å². The second-order valence-corrected chi connectivity index (χ2v) is 9.87. The quantitative estimate of drug-likeness (QED) is 0.317. The minimum Gasteiger partial charge on any atom is -0.436 e. The maximum atomic E-state index is 13.2. The fourth-order valence-corrected chi connectivity index (χ4v) is 5.07. The third kappa shape index (κ3) is 5.91. The van der Waals surface area contributed by atoms with Crippen molar-refractivity contribution in [3.63, 3.8) is 0 Å². The molecule has 37 heavy (non-hydrogen) atoms. The summed E-state index contributed by atoms with van der Waals surface area (Å²) in [5.74, 6) is 0.890. The van der Waals surface area contributed by atoms with Crippen LogP contribution in [0.15, 0.2) is 83.3 Å². The lowest BCUT2D eigenvalue weighted by Crippen LogP contribution is -2.42. The van der Waals surface area contributed by atoms with Crippen molar-refractivity contribution in [3.05, 3.63) is 90.0 Å². The van der Waals surface area contributed by atoms with Crippen LogP contribution in [0.1, 0.15) is 42.1 Å². The first-order valence-corrected chi connectivity index (χ1v) is 13.2. The number of carbonyl (C=O) groups is 2. The van der Waals surface area contributed by atoms with Gasteiger partial charge in [0.25, 0.3) is 5.91 Å². The van der Waals surface area contributed by atoms with Crippen LogP contribution in [0.25, 0.3) is 22.6 Å². The Morgan fingerprint density at radius 1 is 1.00 bits per heavy atom. The summed E-state index contributed by atoms with van der Waals surface area (Å²) in [6.45, 7) is 4.01. The van der Waals surface area contributed by atoms with Crippen molar-refractivity contribution < 1.29 is 14.0 Å². The highest BCUT2D eigenvalue weighted by molar-refractivity contribution is 5.97. The number of oxazole rings is 1. The molecule has 0 unspecified atom stereocenters. The molecule has 1 aromatic heterocycles. The van der Waals surface area contributed by atoms with E-state index in [2.05, 4.69) is 22.4 Å². The van der Waals surface area contributed by atoms with Crippen LogP contribution in [0.4, 0.5) is 0 Å². The number of piperidine rings is 1. The van der Waals surface area contributed by atoms with Crippen LogP contribution in [-0.4, -0.2) is 41.3 Å². The van der Waals surface area contributed by atoms with Gasteiger partial charge in [0.05, 0.1) is 0 Å². The van der Waals surface area contributed by atoms with Gasteiger partial charge in [0.1, 0.15) is 5.52 Å². The zero-order valence-corrected chi connectivity index (χ0v) is 21.2. The van der Waals surface area contributed by atoms with Crippen LogP contribution >= 0.6 is 0 Å². The smallest absolute Gasteiger partial charge is 0.253 e. The van der Waals surface area contributed by atoms with Crippen molar-refractivity contribution in [2.75, 3.05) is 19.6 Å². The van der Waals surface area contributed by atoms with Crippen LogP contribution < -0.4 is 5.32 Å². The summed E-state index contributed by atoms with van der Waals surface area (Å²) in [6, 6.07) is 25.5. The van der Waals surface area contributed by atoms with E-state index >= 15 is 0 Å². The molecule has 3 aromatic carbocycles. The van der Waals surface area contributed by atoms with Gasteiger partial charge in [-0.25, -0.2) is 4.98 Å². The molecule has 1 N–H and O–H groups in total. The highest BCUT2D eigenvalue weighted by Gasteiger charge is 2.30. The van der Waals surface area contributed by atoms with Gasteiger partial charge in [0.2, 0.25) is 11.8 Å². The predicted octanol–water partition coefficient (Wildman–Crippen LogP) is 5.73. The predicted molar refractivity (Wildman–Crippen MR) is 145 cm³/mol. The largest absolute Gasteiger partial charge is 0.436 e. The lowest BCUT2D eigenvalue weighted by molar-refractivity contribution is -0.126. The van der Waals surface area contributed by atoms with Crippen molar-refractivity contribution >= 4 is 22.9 Å². The van der Waals surface area contributed by atoms with Crippen molar-refractivity contribution in [2.24, 2.45) is 11.8 Å². The lowest BCUT2D eigenvalue weighted by atomic mass is 9.84. The van der Waals surface area contributed by atoms with Gasteiger partial charge >= 0.3 is 0 Å². The Morgan fingerprint density at radius 3 is 2.43 bits per heavy atom. The molecular weight excluding hydrogens is 462 g/mol. The van der Waals surface area contributed by atoms with E-state index in [4.69, 9.17) is 4.42 Å². The summed E-state index contributed by atoms with van der Waals surface area (Å²) in [5.41, 5.74) is 4.15. The number of hydrogen-bond donors (Lipinski definition) is 1. The fourth-order valence-electron chi connectivity index (χ4n) is 5.07. The first-order valence-electron chi connectivity index (χ1n) is 13.2. The molecule has 2 heterocycles. The second kappa shape index (κ2) is 11.4. The first kappa shape index (κ1) is 24.8. The normalized spacial score (nSPS) is 15.0. The molecule has 0 aliphatic carbocycles. The van der Waals surface area contributed by atoms with Gasteiger partial charge < -0.3 is 14.6 Å². The number of aromatic nitrogens is 1. The number of likely N-dealkylation sites (tertiary alicyclic amines) is 1. The molecule has 2 amide bonds. The first-order chi connectivity index (χ1) is 18.1. The van der Waals surface area contributed by atoms with Crippen LogP contribution in [0.5, 0.6) is 0 Å². The number of fused-ring (bicyclic) bond motifs is 1. The Kier molecular flexibility index (Phi) is 7.64. The van der Waals surface area contributed by atoms with E-state index in [1.54, 1.807) is 0 Å². The highest BCUT2D eigenvalue weighted by Crippen LogP contribution is 2.28. The van der Waals surface area contributed by atoms with Crippen molar-refractivity contribution in [1.29, 1.82) is 0 Å². The maximum absolute atomic E-state index is 13.2. The van der Waals surface area contributed by atoms with E-state index < -0.39 is 0 Å². The Labute approximate surface area is 217 Å². The molecule has 190 valence electrons. The number of hydrogen-bond acceptors (Lipinski definition) is 4. The zero-order valence-electron chi connectivity index (χ0n) is 21.2. The molecule has 0 bridgehead atoms. The van der Waals surface area contributed by atoms with Gasteiger partial charge in [-0.3, -0.25) is 9.59 Å². The van der Waals surface area contributed by atoms with E-state index in [9.17, 15) is 9.59 Å². The van der Waals surface area contributed by atoms with Gasteiger partial charge in [-0.05, 0) is 67.5 Å². The highest BCUT2D eigenvalue weighted by atomic mass is 16.3. The number of amides is 2. The molecule has 0 spiro atoms. The van der Waals surface area contributed by atoms with Gasteiger partial charge in [-0.15, -0.1) is 0 Å². The Hall–Kier alpha value is -3.93. The minimum absolute atomic E-state index is 0.00243. The lowest BCUT2D eigenvalue weighted by Gasteiger charge is -2.34. The summed E-state index contributed by atoms with van der Waals surface area (Å²) in [6.07, 6.45) is 3.55. The summed E-state index contributed by atoms with van der Waals surface area (Å²) < 4.78 is 5.88. The summed E-state index contributed by atoms with van der Waals surface area (Å²) in [7, 11) is 0. The fraction of sp³-hybridized carbons (Fsp3) is 0.323. The average molecular weight is 496 g/mol. The average Bonchev–Trinajstić information content (AvgIpc) is 3.39. The standard InChI is InChI=1S/C31H33N3O3/c1-22(29(35)32-18-8-11-23-9-4-2-5-10-23)24-16-19-34(20-17-24)31(36)26-14-15-28-27(21-26)33-30(37-28)25-12-6-3-7-13-25/h2-7,9-10,12-15,21-22,24H,8,11,16-20H2,1H3,(H,32,35)/t22-/m0/s1. The van der Waals surface area contributed by atoms with E-state index in [1.807, 2.05) is 78.6 Å². The second-order valence-electron chi connectivity index (χ2n) is 9.87. The molecule has 0 saturated carbocycles. The number of benzene rings is 3. The number of aryl methyl sites for hydroxylation is 1. The zero-order chi connectivity index (χ0) is 25.6. The van der Waals surface area contributed by atoms with Gasteiger partial charge in [-0.2, -0.15) is 0 Å². The third-order valence-electron chi connectivity index (χ3n) is 7.39. The van der Waals surface area contributed by atoms with Crippen molar-refractivity contribution in [3.8, 4) is 11.5 Å². The van der Waals surface area contributed by atoms with Crippen molar-refractivity contribution in [1.82, 2.24) is 15.2 Å². The maximum Gasteiger partial charge on any atom is 0.253 e. The number of carbonyl (C=O) groups excluding carboxylic acids is 2. The molecule has 1 aliphatic heterocycles. The van der Waals surface area contributed by atoms with Gasteiger partial charge in [0.15, 0.2) is 5.58 Å². The molecule has 6 nitrogen and oxygen atoms in total. The Morgan fingerprint density at radius 2 is 1.70 bits per heavy atom. The minimum atomic E-state index is -0.0585. The van der Waals surface area contributed by atoms with E-state index in [1.165, 1.54) is 5.56 Å². The molecule has 1 atom stereocenters. The Balaban J connectivity index is 1.12. The molecule has 6 heteroatoms. The molecule has 1 saturated heterocycles. The third-order valence-corrected chi connectivity index (χ3v) is 7.39. The molecule has 0 radical (unpaired) electrons. The molecule has 1 fully saturated rings. The Bertz CT molecular complexity index is 1340. The van der Waals surface area contributed by atoms with Crippen LogP contribution in [-0.2, 0) is 11.2 Å². The molecule has 1 aliphatic rings. The number of nitrogens with zero attached hydrogens (tertiary/aromatic N) is 2. The summed E-state index contributed by atoms with van der Waals surface area (Å²) >= 11 is 0. The number of rotatable bonds is 8. The van der Waals surface area contributed by atoms with Crippen LogP contribution in [0, 0.1) is 11.8 Å². The van der Waals surface area contributed by atoms with Gasteiger partial charge in [-0.1, -0.05) is 55.5 Å². The van der Waals surface area contributed by atoms with E-state index in [0.717, 1.165) is 31.2 Å².